The number of carbonyl (C=O) groups is 1. The lowest BCUT2D eigenvalue weighted by molar-refractivity contribution is 0.0950. The fourth-order valence-corrected chi connectivity index (χ4v) is 1.95. The summed E-state index contributed by atoms with van der Waals surface area (Å²) in [4.78, 5) is 15.6. The Morgan fingerprint density at radius 2 is 2.25 bits per heavy atom. The fraction of sp³-hybridized carbons (Fsp3) is 0.167. The second-order valence-corrected chi connectivity index (χ2v) is 4.34. The molecule has 0 aliphatic carbocycles. The summed E-state index contributed by atoms with van der Waals surface area (Å²) in [6, 6.07) is 8.00. The van der Waals surface area contributed by atoms with E-state index in [0.29, 0.717) is 11.6 Å². The summed E-state index contributed by atoms with van der Waals surface area (Å²) in [7, 11) is 0. The average Bonchev–Trinajstić information content (AvgIpc) is 2.81. The summed E-state index contributed by atoms with van der Waals surface area (Å²) >= 11 is 1.35. The number of thiazole rings is 1. The van der Waals surface area contributed by atoms with Gasteiger partial charge in [0.05, 0.1) is 0 Å². The molecule has 2 aromatic rings. The Morgan fingerprint density at radius 3 is 2.94 bits per heavy atom. The van der Waals surface area contributed by atoms with Gasteiger partial charge < -0.3 is 5.32 Å². The minimum atomic E-state index is -0.113. The third-order valence-corrected chi connectivity index (χ3v) is 3.10. The number of carbonyl (C=O) groups excluding carboxylic acids is 1. The van der Waals surface area contributed by atoms with Gasteiger partial charge in [0.1, 0.15) is 0 Å². The number of rotatable bonds is 3. The van der Waals surface area contributed by atoms with Crippen molar-refractivity contribution in [2.75, 3.05) is 0 Å². The van der Waals surface area contributed by atoms with E-state index in [1.807, 2.05) is 31.2 Å². The second kappa shape index (κ2) is 4.90. The third kappa shape index (κ3) is 2.46. The molecule has 82 valence electrons. The molecule has 0 atom stereocenters. The van der Waals surface area contributed by atoms with Crippen molar-refractivity contribution in [2.24, 2.45) is 0 Å². The van der Waals surface area contributed by atoms with Crippen molar-refractivity contribution in [3.63, 3.8) is 0 Å². The van der Waals surface area contributed by atoms with Crippen LogP contribution in [0.25, 0.3) is 0 Å². The number of benzene rings is 1. The van der Waals surface area contributed by atoms with Crippen LogP contribution < -0.4 is 5.32 Å². The van der Waals surface area contributed by atoms with E-state index in [0.717, 1.165) is 5.56 Å². The fourth-order valence-electron chi connectivity index (χ4n) is 1.40. The Labute approximate surface area is 98.2 Å². The van der Waals surface area contributed by atoms with Crippen LogP contribution in [-0.2, 0) is 6.54 Å². The lowest BCUT2D eigenvalue weighted by atomic mass is 10.1. The molecule has 3 nitrogen and oxygen atoms in total. The highest BCUT2D eigenvalue weighted by Crippen LogP contribution is 2.08. The van der Waals surface area contributed by atoms with Gasteiger partial charge in [-0.25, -0.2) is 4.98 Å². The molecule has 0 aliphatic rings. The topological polar surface area (TPSA) is 42.0 Å². The van der Waals surface area contributed by atoms with Gasteiger partial charge in [-0.15, -0.1) is 11.3 Å². The van der Waals surface area contributed by atoms with Gasteiger partial charge in [0, 0.05) is 18.1 Å². The summed E-state index contributed by atoms with van der Waals surface area (Å²) in [5.74, 6) is -0.113. The maximum atomic E-state index is 11.6. The van der Waals surface area contributed by atoms with Gasteiger partial charge in [0.2, 0.25) is 0 Å². The third-order valence-electron chi connectivity index (χ3n) is 2.33. The van der Waals surface area contributed by atoms with Crippen molar-refractivity contribution in [1.29, 1.82) is 0 Å². The van der Waals surface area contributed by atoms with Crippen molar-refractivity contribution in [3.8, 4) is 0 Å². The van der Waals surface area contributed by atoms with Gasteiger partial charge in [-0.3, -0.25) is 4.79 Å². The average molecular weight is 232 g/mol. The van der Waals surface area contributed by atoms with Crippen molar-refractivity contribution in [1.82, 2.24) is 10.3 Å². The molecule has 1 aromatic carbocycles. The number of aryl methyl sites for hydroxylation is 1. The van der Waals surface area contributed by atoms with Crippen molar-refractivity contribution < 1.29 is 4.79 Å². The smallest absolute Gasteiger partial charge is 0.280 e. The largest absolute Gasteiger partial charge is 0.346 e. The molecular formula is C12H12N2OS. The monoisotopic (exact) mass is 232 g/mol. The van der Waals surface area contributed by atoms with Crippen molar-refractivity contribution in [2.45, 2.75) is 13.5 Å². The molecule has 0 unspecified atom stereocenters. The number of aromatic nitrogens is 1. The standard InChI is InChI=1S/C12H12N2OS/c1-9-4-2-3-5-10(9)8-14-11(15)12-13-6-7-16-12/h2-7H,8H2,1H3,(H,14,15). The zero-order valence-corrected chi connectivity index (χ0v) is 9.75. The Kier molecular flexibility index (Phi) is 3.31. The molecule has 1 heterocycles. The van der Waals surface area contributed by atoms with E-state index in [4.69, 9.17) is 0 Å². The van der Waals surface area contributed by atoms with Crippen LogP contribution >= 0.6 is 11.3 Å². The molecule has 0 bridgehead atoms. The van der Waals surface area contributed by atoms with E-state index in [1.54, 1.807) is 11.6 Å². The van der Waals surface area contributed by atoms with Gasteiger partial charge in [-0.2, -0.15) is 0 Å². The van der Waals surface area contributed by atoms with Crippen LogP contribution in [0.4, 0.5) is 0 Å². The van der Waals surface area contributed by atoms with Gasteiger partial charge >= 0.3 is 0 Å². The van der Waals surface area contributed by atoms with Crippen LogP contribution in [-0.4, -0.2) is 10.9 Å². The van der Waals surface area contributed by atoms with Crippen LogP contribution in [0.3, 0.4) is 0 Å². The lowest BCUT2D eigenvalue weighted by Crippen LogP contribution is -2.22. The highest BCUT2D eigenvalue weighted by Gasteiger charge is 2.07. The van der Waals surface area contributed by atoms with E-state index < -0.39 is 0 Å². The van der Waals surface area contributed by atoms with Crippen LogP contribution in [0.5, 0.6) is 0 Å². The predicted molar refractivity (Wildman–Crippen MR) is 64.5 cm³/mol. The summed E-state index contributed by atoms with van der Waals surface area (Å²) in [6.07, 6.45) is 1.63. The van der Waals surface area contributed by atoms with Gasteiger partial charge in [0.25, 0.3) is 5.91 Å². The van der Waals surface area contributed by atoms with E-state index in [2.05, 4.69) is 10.3 Å². The highest BCUT2D eigenvalue weighted by molar-refractivity contribution is 7.11. The Hall–Kier alpha value is -1.68. The first kappa shape index (κ1) is 10.8. The predicted octanol–water partition coefficient (Wildman–Crippen LogP) is 2.38. The zero-order chi connectivity index (χ0) is 11.4. The summed E-state index contributed by atoms with van der Waals surface area (Å²) < 4.78 is 0. The Balaban J connectivity index is 1.98. The summed E-state index contributed by atoms with van der Waals surface area (Å²) in [6.45, 7) is 2.58. The maximum Gasteiger partial charge on any atom is 0.280 e. The Bertz CT molecular complexity index is 480. The minimum absolute atomic E-state index is 0.113. The molecule has 1 aromatic heterocycles. The van der Waals surface area contributed by atoms with Crippen LogP contribution in [0.2, 0.25) is 0 Å². The van der Waals surface area contributed by atoms with Crippen molar-refractivity contribution >= 4 is 17.2 Å². The minimum Gasteiger partial charge on any atom is -0.346 e. The molecular weight excluding hydrogens is 220 g/mol. The molecule has 16 heavy (non-hydrogen) atoms. The van der Waals surface area contributed by atoms with Gasteiger partial charge in [-0.1, -0.05) is 24.3 Å². The first-order valence-corrected chi connectivity index (χ1v) is 5.87. The maximum absolute atomic E-state index is 11.6. The molecule has 4 heteroatoms. The lowest BCUT2D eigenvalue weighted by Gasteiger charge is -2.06. The number of nitrogens with one attached hydrogen (secondary N) is 1. The molecule has 0 radical (unpaired) electrons. The Morgan fingerprint density at radius 1 is 1.44 bits per heavy atom. The number of nitrogens with zero attached hydrogens (tertiary/aromatic N) is 1. The van der Waals surface area contributed by atoms with E-state index in [1.165, 1.54) is 16.9 Å². The first-order valence-electron chi connectivity index (χ1n) is 4.99. The van der Waals surface area contributed by atoms with Gasteiger partial charge in [0.15, 0.2) is 5.01 Å². The van der Waals surface area contributed by atoms with Crippen LogP contribution in [0.15, 0.2) is 35.8 Å². The molecule has 0 saturated heterocycles. The quantitative estimate of drug-likeness (QED) is 0.882. The summed E-state index contributed by atoms with van der Waals surface area (Å²) in [5, 5.41) is 5.15. The van der Waals surface area contributed by atoms with Crippen molar-refractivity contribution in [3.05, 3.63) is 52.0 Å². The highest BCUT2D eigenvalue weighted by atomic mass is 32.1. The normalized spacial score (nSPS) is 10.1. The number of hydrogen-bond donors (Lipinski definition) is 1. The van der Waals surface area contributed by atoms with E-state index >= 15 is 0 Å². The van der Waals surface area contributed by atoms with Crippen LogP contribution in [0.1, 0.15) is 20.9 Å². The number of amides is 1. The number of hydrogen-bond acceptors (Lipinski definition) is 3. The SMILES string of the molecule is Cc1ccccc1CNC(=O)c1nccs1. The van der Waals surface area contributed by atoms with Crippen LogP contribution in [0, 0.1) is 6.92 Å². The molecule has 2 rings (SSSR count). The molecule has 0 aliphatic heterocycles. The van der Waals surface area contributed by atoms with E-state index in [-0.39, 0.29) is 5.91 Å². The second-order valence-electron chi connectivity index (χ2n) is 3.45. The summed E-state index contributed by atoms with van der Waals surface area (Å²) in [5.41, 5.74) is 2.31. The van der Waals surface area contributed by atoms with Gasteiger partial charge in [-0.05, 0) is 18.1 Å². The molecule has 1 N–H and O–H groups in total. The molecule has 0 fully saturated rings. The van der Waals surface area contributed by atoms with E-state index in [9.17, 15) is 4.79 Å². The first-order chi connectivity index (χ1) is 7.77. The molecule has 0 saturated carbocycles. The molecule has 0 spiro atoms. The zero-order valence-electron chi connectivity index (χ0n) is 8.93. The molecule has 1 amide bonds.